The van der Waals surface area contributed by atoms with Gasteiger partial charge in [0.1, 0.15) is 12.0 Å². The molecule has 24 heavy (non-hydrogen) atoms. The molecular weight excluding hydrogens is 355 g/mol. The third kappa shape index (κ3) is 2.61. The van der Waals surface area contributed by atoms with E-state index in [0.717, 1.165) is 12.1 Å². The first kappa shape index (κ1) is 18.1. The van der Waals surface area contributed by atoms with Crippen molar-refractivity contribution >= 4 is 0 Å². The van der Waals surface area contributed by atoms with E-state index in [1.165, 1.54) is 6.20 Å². The topological polar surface area (TPSA) is 28.7 Å². The second kappa shape index (κ2) is 5.42. The van der Waals surface area contributed by atoms with Gasteiger partial charge in [-0.2, -0.15) is 39.5 Å². The molecule has 2 rings (SSSR count). The van der Waals surface area contributed by atoms with Gasteiger partial charge in [-0.05, 0) is 0 Å². The Morgan fingerprint density at radius 3 is 1.75 bits per heavy atom. The van der Waals surface area contributed by atoms with E-state index in [0.29, 0.717) is 12.1 Å². The van der Waals surface area contributed by atoms with Gasteiger partial charge >= 0.3 is 23.9 Å². The Kier molecular flexibility index (Phi) is 4.09. The van der Waals surface area contributed by atoms with Gasteiger partial charge in [0.2, 0.25) is 0 Å². The number of nitrogens with one attached hydrogen (secondary N) is 1. The molecule has 0 aliphatic carbocycles. The maximum Gasteiger partial charge on any atom is 0.460 e. The molecule has 0 spiro atoms. The molecule has 11 heteroatoms. The van der Waals surface area contributed by atoms with E-state index in [9.17, 15) is 39.5 Å². The Morgan fingerprint density at radius 2 is 1.33 bits per heavy atom. The minimum Gasteiger partial charge on any atom is -0.344 e. The van der Waals surface area contributed by atoms with Crippen LogP contribution in [0.4, 0.5) is 39.5 Å². The summed E-state index contributed by atoms with van der Waals surface area (Å²) in [6.07, 6.45) is -3.26. The molecule has 0 atom stereocenters. The number of halogens is 9. The summed E-state index contributed by atoms with van der Waals surface area (Å²) in [6.45, 7) is 0. The van der Waals surface area contributed by atoms with Crippen LogP contribution >= 0.6 is 0 Å². The van der Waals surface area contributed by atoms with Gasteiger partial charge in [-0.25, -0.2) is 4.98 Å². The average Bonchev–Trinajstić information content (AvgIpc) is 3.00. The van der Waals surface area contributed by atoms with Gasteiger partial charge < -0.3 is 4.98 Å². The highest BCUT2D eigenvalue weighted by atomic mass is 19.4. The van der Waals surface area contributed by atoms with Crippen LogP contribution in [-0.4, -0.2) is 28.0 Å². The summed E-state index contributed by atoms with van der Waals surface area (Å²) in [5.41, 5.74) is -1.59. The number of rotatable bonds is 4. The fourth-order valence-corrected chi connectivity index (χ4v) is 1.77. The molecule has 2 nitrogen and oxygen atoms in total. The third-order valence-corrected chi connectivity index (χ3v) is 3.12. The highest BCUT2D eigenvalue weighted by molar-refractivity contribution is 5.55. The number of imidazole rings is 1. The van der Waals surface area contributed by atoms with Crippen molar-refractivity contribution in [1.82, 2.24) is 9.97 Å². The maximum absolute atomic E-state index is 13.7. The smallest absolute Gasteiger partial charge is 0.344 e. The van der Waals surface area contributed by atoms with Gasteiger partial charge in [0, 0.05) is 17.3 Å². The number of hydrogen-bond acceptors (Lipinski definition) is 1. The van der Waals surface area contributed by atoms with Gasteiger partial charge in [0.15, 0.2) is 0 Å². The lowest BCUT2D eigenvalue weighted by Crippen LogP contribution is -2.59. The standard InChI is InChI=1S/C13H6F9N2/c14-10(15,11(16,17)12(18,19)13(20,21)22)8-3-1-7(2-4-8)9-23-5-6-24-9/h1-5H,(H,23,24). The Balaban J connectivity index is 2.42. The average molecular weight is 361 g/mol. The van der Waals surface area contributed by atoms with Crippen LogP contribution in [0.25, 0.3) is 11.4 Å². The monoisotopic (exact) mass is 361 g/mol. The van der Waals surface area contributed by atoms with Crippen LogP contribution in [-0.2, 0) is 5.92 Å². The molecular formula is C13H6F9N2. The third-order valence-electron chi connectivity index (χ3n) is 3.12. The van der Waals surface area contributed by atoms with Gasteiger partial charge in [-0.3, -0.25) is 0 Å². The van der Waals surface area contributed by atoms with Crippen molar-refractivity contribution in [3.8, 4) is 11.4 Å². The van der Waals surface area contributed by atoms with Crippen molar-refractivity contribution < 1.29 is 39.5 Å². The molecule has 0 bridgehead atoms. The first-order chi connectivity index (χ1) is 10.8. The molecule has 0 saturated heterocycles. The summed E-state index contributed by atoms with van der Waals surface area (Å²) in [7, 11) is 0. The number of aromatic nitrogens is 2. The molecule has 1 radical (unpaired) electrons. The quantitative estimate of drug-likeness (QED) is 0.779. The van der Waals surface area contributed by atoms with E-state index in [-0.39, 0.29) is 11.4 Å². The Labute approximate surface area is 128 Å². The van der Waals surface area contributed by atoms with Crippen molar-refractivity contribution in [2.75, 3.05) is 0 Å². The van der Waals surface area contributed by atoms with E-state index in [2.05, 4.69) is 16.2 Å². The van der Waals surface area contributed by atoms with Crippen LogP contribution in [0.2, 0.25) is 0 Å². The number of nitrogens with zero attached hydrogens (tertiary/aromatic N) is 1. The Bertz CT molecular complexity index is 687. The van der Waals surface area contributed by atoms with Crippen LogP contribution in [0, 0.1) is 6.20 Å². The SMILES string of the molecule is FC(F)(F)C(F)(F)C(F)(F)C(F)(F)c1ccc(-c2n[c]c[nH]2)cc1. The van der Waals surface area contributed by atoms with Gasteiger partial charge in [-0.15, -0.1) is 0 Å². The summed E-state index contributed by atoms with van der Waals surface area (Å²) < 4.78 is 116. The maximum atomic E-state index is 13.7. The van der Waals surface area contributed by atoms with Crippen molar-refractivity contribution in [2.45, 2.75) is 23.9 Å². The number of aromatic amines is 1. The molecule has 0 aliphatic rings. The minimum atomic E-state index is -6.92. The summed E-state index contributed by atoms with van der Waals surface area (Å²) >= 11 is 0. The second-order valence-electron chi connectivity index (χ2n) is 4.68. The van der Waals surface area contributed by atoms with Crippen LogP contribution < -0.4 is 0 Å². The van der Waals surface area contributed by atoms with E-state index in [1.807, 2.05) is 0 Å². The second-order valence-corrected chi connectivity index (χ2v) is 4.68. The predicted octanol–water partition coefficient (Wildman–Crippen LogP) is 4.80. The van der Waals surface area contributed by atoms with Crippen molar-refractivity contribution in [3.05, 3.63) is 42.2 Å². The summed E-state index contributed by atoms with van der Waals surface area (Å²) in [4.78, 5) is 6.13. The summed E-state index contributed by atoms with van der Waals surface area (Å²) in [5.74, 6) is -19.3. The van der Waals surface area contributed by atoms with Crippen LogP contribution in [0.5, 0.6) is 0 Å². The number of H-pyrrole nitrogens is 1. The van der Waals surface area contributed by atoms with Crippen molar-refractivity contribution in [3.63, 3.8) is 0 Å². The Hall–Kier alpha value is -2.20. The normalized spacial score (nSPS) is 14.0. The molecule has 1 aromatic heterocycles. The largest absolute Gasteiger partial charge is 0.460 e. The molecule has 2 aromatic rings. The number of hydrogen-bond donors (Lipinski definition) is 1. The van der Waals surface area contributed by atoms with Crippen molar-refractivity contribution in [2.24, 2.45) is 0 Å². The zero-order chi connectivity index (χ0) is 18.4. The van der Waals surface area contributed by atoms with E-state index >= 15 is 0 Å². The van der Waals surface area contributed by atoms with Crippen LogP contribution in [0.3, 0.4) is 0 Å². The molecule has 0 amide bonds. The summed E-state index contributed by atoms with van der Waals surface area (Å²) in [6, 6.07) is 2.27. The number of alkyl halides is 9. The molecule has 131 valence electrons. The minimum absolute atomic E-state index is 0.109. The lowest BCUT2D eigenvalue weighted by molar-refractivity contribution is -0.399. The van der Waals surface area contributed by atoms with Gasteiger partial charge in [0.05, 0.1) is 0 Å². The molecule has 0 aliphatic heterocycles. The molecule has 0 saturated carbocycles. The fraction of sp³-hybridized carbons (Fsp3) is 0.308. The number of benzene rings is 1. The highest BCUT2D eigenvalue weighted by Gasteiger charge is 2.81. The van der Waals surface area contributed by atoms with Crippen LogP contribution in [0.15, 0.2) is 30.5 Å². The highest BCUT2D eigenvalue weighted by Crippen LogP contribution is 2.56. The predicted molar refractivity (Wildman–Crippen MR) is 62.7 cm³/mol. The van der Waals surface area contributed by atoms with E-state index < -0.39 is 29.5 Å². The molecule has 1 heterocycles. The van der Waals surface area contributed by atoms with Crippen molar-refractivity contribution in [1.29, 1.82) is 0 Å². The van der Waals surface area contributed by atoms with Crippen LogP contribution in [0.1, 0.15) is 5.56 Å². The molecule has 1 aromatic carbocycles. The molecule has 1 N–H and O–H groups in total. The van der Waals surface area contributed by atoms with E-state index in [1.54, 1.807) is 0 Å². The summed E-state index contributed by atoms with van der Waals surface area (Å²) in [5, 5.41) is 0. The van der Waals surface area contributed by atoms with Gasteiger partial charge in [0.25, 0.3) is 0 Å². The lowest BCUT2D eigenvalue weighted by Gasteiger charge is -2.33. The molecule has 0 unspecified atom stereocenters. The first-order valence-electron chi connectivity index (χ1n) is 6.05. The van der Waals surface area contributed by atoms with E-state index in [4.69, 9.17) is 0 Å². The Morgan fingerprint density at radius 1 is 0.792 bits per heavy atom. The van der Waals surface area contributed by atoms with Gasteiger partial charge in [-0.1, -0.05) is 24.3 Å². The molecule has 0 fully saturated rings. The lowest BCUT2D eigenvalue weighted by atomic mass is 9.96. The fourth-order valence-electron chi connectivity index (χ4n) is 1.77. The zero-order valence-electron chi connectivity index (χ0n) is 11.2. The zero-order valence-corrected chi connectivity index (χ0v) is 11.2. The first-order valence-corrected chi connectivity index (χ1v) is 6.05.